The summed E-state index contributed by atoms with van der Waals surface area (Å²) in [5.41, 5.74) is 1.67. The number of halogens is 1. The second kappa shape index (κ2) is 8.66. The lowest BCUT2D eigenvalue weighted by Gasteiger charge is -2.39. The van der Waals surface area contributed by atoms with Gasteiger partial charge in [0, 0.05) is 22.0 Å². The summed E-state index contributed by atoms with van der Waals surface area (Å²) in [7, 11) is 1.64. The lowest BCUT2D eigenvalue weighted by molar-refractivity contribution is 0.0182. The molecular formula is C23H29FO2S. The lowest BCUT2D eigenvalue weighted by atomic mass is 9.69. The molecule has 0 aliphatic carbocycles. The second-order valence-electron chi connectivity index (χ2n) is 7.49. The van der Waals surface area contributed by atoms with Crippen molar-refractivity contribution in [3.05, 3.63) is 59.4 Å². The smallest absolute Gasteiger partial charge is 0.123 e. The van der Waals surface area contributed by atoms with E-state index in [1.54, 1.807) is 24.9 Å². The molecule has 1 unspecified atom stereocenters. The third kappa shape index (κ3) is 4.02. The van der Waals surface area contributed by atoms with Crippen LogP contribution >= 0.6 is 11.8 Å². The van der Waals surface area contributed by atoms with Crippen molar-refractivity contribution in [2.45, 2.75) is 56.4 Å². The molecular weight excluding hydrogens is 359 g/mol. The number of hydrogen-bond donors (Lipinski definition) is 1. The van der Waals surface area contributed by atoms with Crippen molar-refractivity contribution in [3.63, 3.8) is 0 Å². The zero-order valence-electron chi connectivity index (χ0n) is 16.4. The largest absolute Gasteiger partial charge is 0.497 e. The Hall–Kier alpha value is -1.52. The molecule has 0 saturated carbocycles. The minimum Gasteiger partial charge on any atom is -0.497 e. The standard InChI is InChI=1S/C23H29FO2S/c1-4-6-12-23(5-2)15-27-20-11-10-17(24)14-19(20)21(22(23)25)16-8-7-9-18(13-16)26-3/h7-11,13-14,21-22,25H,4-6,12,15H2,1-3H3/t21-,22?,23+/m0/s1. The van der Waals surface area contributed by atoms with Gasteiger partial charge in [0.15, 0.2) is 0 Å². The van der Waals surface area contributed by atoms with Gasteiger partial charge in [0.2, 0.25) is 0 Å². The fraction of sp³-hybridized carbons (Fsp3) is 0.478. The van der Waals surface area contributed by atoms with Crippen LogP contribution in [-0.4, -0.2) is 24.1 Å². The highest BCUT2D eigenvalue weighted by Gasteiger charge is 2.44. The number of hydrogen-bond acceptors (Lipinski definition) is 3. The number of thioether (sulfide) groups is 1. The molecule has 2 aromatic rings. The molecule has 0 fully saturated rings. The Morgan fingerprint density at radius 2 is 2.04 bits per heavy atom. The van der Waals surface area contributed by atoms with E-state index in [-0.39, 0.29) is 17.2 Å². The molecule has 146 valence electrons. The summed E-state index contributed by atoms with van der Waals surface area (Å²) in [6, 6.07) is 12.8. The quantitative estimate of drug-likeness (QED) is 0.656. The topological polar surface area (TPSA) is 29.5 Å². The van der Waals surface area contributed by atoms with Crippen molar-refractivity contribution in [2.75, 3.05) is 12.9 Å². The van der Waals surface area contributed by atoms with Crippen LogP contribution in [0, 0.1) is 11.2 Å². The van der Waals surface area contributed by atoms with Crippen molar-refractivity contribution in [2.24, 2.45) is 5.41 Å². The van der Waals surface area contributed by atoms with Crippen molar-refractivity contribution in [3.8, 4) is 5.75 Å². The maximum atomic E-state index is 14.2. The first-order valence-electron chi connectivity index (χ1n) is 9.79. The average molecular weight is 389 g/mol. The van der Waals surface area contributed by atoms with E-state index in [0.29, 0.717) is 0 Å². The summed E-state index contributed by atoms with van der Waals surface area (Å²) < 4.78 is 19.6. The van der Waals surface area contributed by atoms with E-state index >= 15 is 0 Å². The van der Waals surface area contributed by atoms with Crippen LogP contribution in [0.25, 0.3) is 0 Å². The molecule has 0 saturated heterocycles. The summed E-state index contributed by atoms with van der Waals surface area (Å²) in [4.78, 5) is 1.06. The third-order valence-corrected chi connectivity index (χ3v) is 7.35. The molecule has 0 spiro atoms. The van der Waals surface area contributed by atoms with Gasteiger partial charge in [-0.05, 0) is 54.3 Å². The molecule has 0 aromatic heterocycles. The Kier molecular flexibility index (Phi) is 6.48. The minimum absolute atomic E-state index is 0.191. The molecule has 4 heteroatoms. The molecule has 3 atom stereocenters. The molecule has 1 N–H and O–H groups in total. The van der Waals surface area contributed by atoms with Gasteiger partial charge in [-0.25, -0.2) is 4.39 Å². The van der Waals surface area contributed by atoms with E-state index in [1.807, 2.05) is 30.3 Å². The number of benzene rings is 2. The Morgan fingerprint density at radius 3 is 2.74 bits per heavy atom. The van der Waals surface area contributed by atoms with Crippen LogP contribution in [0.15, 0.2) is 47.4 Å². The SMILES string of the molecule is CCCC[C@]1(CC)CSc2ccc(F)cc2[C@H](c2cccc(OC)c2)C1O. The summed E-state index contributed by atoms with van der Waals surface area (Å²) >= 11 is 1.75. The number of ether oxygens (including phenoxy) is 1. The predicted octanol–water partition coefficient (Wildman–Crippen LogP) is 6.02. The summed E-state index contributed by atoms with van der Waals surface area (Å²) in [6.07, 6.45) is 3.49. The summed E-state index contributed by atoms with van der Waals surface area (Å²) in [5, 5.41) is 11.7. The van der Waals surface area contributed by atoms with Gasteiger partial charge >= 0.3 is 0 Å². The molecule has 0 radical (unpaired) electrons. The number of rotatable bonds is 6. The van der Waals surface area contributed by atoms with Crippen LogP contribution in [0.5, 0.6) is 5.75 Å². The van der Waals surface area contributed by atoms with Gasteiger partial charge < -0.3 is 9.84 Å². The van der Waals surface area contributed by atoms with E-state index < -0.39 is 6.10 Å². The van der Waals surface area contributed by atoms with Gasteiger partial charge in [-0.2, -0.15) is 0 Å². The van der Waals surface area contributed by atoms with Crippen LogP contribution in [0.4, 0.5) is 4.39 Å². The van der Waals surface area contributed by atoms with Gasteiger partial charge in [0.05, 0.1) is 13.2 Å². The molecule has 0 amide bonds. The fourth-order valence-corrected chi connectivity index (χ4v) is 5.64. The van der Waals surface area contributed by atoms with E-state index in [0.717, 1.165) is 53.2 Å². The first-order chi connectivity index (χ1) is 13.0. The van der Waals surface area contributed by atoms with E-state index in [1.165, 1.54) is 6.07 Å². The summed E-state index contributed by atoms with van der Waals surface area (Å²) in [6.45, 7) is 4.35. The van der Waals surface area contributed by atoms with Crippen LogP contribution in [0.2, 0.25) is 0 Å². The molecule has 1 aliphatic heterocycles. The first-order valence-corrected chi connectivity index (χ1v) is 10.8. The number of aliphatic hydroxyl groups excluding tert-OH is 1. The highest BCUT2D eigenvalue weighted by Crippen LogP contribution is 2.51. The minimum atomic E-state index is -0.572. The number of unbranched alkanes of at least 4 members (excludes halogenated alkanes) is 1. The van der Waals surface area contributed by atoms with Gasteiger partial charge in [0.1, 0.15) is 11.6 Å². The maximum absolute atomic E-state index is 14.2. The molecule has 0 bridgehead atoms. The average Bonchev–Trinajstić information content (AvgIpc) is 2.81. The molecule has 1 heterocycles. The van der Waals surface area contributed by atoms with Gasteiger partial charge in [0.25, 0.3) is 0 Å². The number of aliphatic hydroxyl groups is 1. The van der Waals surface area contributed by atoms with Crippen molar-refractivity contribution in [1.82, 2.24) is 0 Å². The van der Waals surface area contributed by atoms with E-state index in [2.05, 4.69) is 13.8 Å². The second-order valence-corrected chi connectivity index (χ2v) is 8.51. The first kappa shape index (κ1) is 20.2. The maximum Gasteiger partial charge on any atom is 0.123 e. The Bertz CT molecular complexity index is 779. The molecule has 27 heavy (non-hydrogen) atoms. The zero-order valence-corrected chi connectivity index (χ0v) is 17.2. The predicted molar refractivity (Wildman–Crippen MR) is 110 cm³/mol. The Balaban J connectivity index is 2.15. The lowest BCUT2D eigenvalue weighted by Crippen LogP contribution is -2.40. The monoisotopic (exact) mass is 388 g/mol. The van der Waals surface area contributed by atoms with Crippen LogP contribution in [0.1, 0.15) is 56.6 Å². The van der Waals surface area contributed by atoms with Gasteiger partial charge in [-0.15, -0.1) is 11.8 Å². The fourth-order valence-electron chi connectivity index (χ4n) is 4.16. The van der Waals surface area contributed by atoms with Crippen LogP contribution in [-0.2, 0) is 0 Å². The molecule has 3 rings (SSSR count). The van der Waals surface area contributed by atoms with Gasteiger partial charge in [-0.3, -0.25) is 0 Å². The normalized spacial score (nSPS) is 24.9. The molecule has 2 nitrogen and oxygen atoms in total. The third-order valence-electron chi connectivity index (χ3n) is 5.95. The number of fused-ring (bicyclic) bond motifs is 1. The molecule has 2 aromatic carbocycles. The van der Waals surface area contributed by atoms with Gasteiger partial charge in [-0.1, -0.05) is 38.8 Å². The Morgan fingerprint density at radius 1 is 1.22 bits per heavy atom. The van der Waals surface area contributed by atoms with E-state index in [4.69, 9.17) is 4.74 Å². The highest BCUT2D eigenvalue weighted by atomic mass is 32.2. The van der Waals surface area contributed by atoms with Crippen LogP contribution in [0.3, 0.4) is 0 Å². The summed E-state index contributed by atoms with van der Waals surface area (Å²) in [5.74, 6) is 1.08. The van der Waals surface area contributed by atoms with E-state index in [9.17, 15) is 9.50 Å². The van der Waals surface area contributed by atoms with Crippen molar-refractivity contribution < 1.29 is 14.2 Å². The zero-order chi connectivity index (χ0) is 19.4. The Labute approximate surface area is 166 Å². The molecule has 1 aliphatic rings. The van der Waals surface area contributed by atoms with Crippen LogP contribution < -0.4 is 4.74 Å². The highest BCUT2D eigenvalue weighted by molar-refractivity contribution is 7.99. The number of methoxy groups -OCH3 is 1. The van der Waals surface area contributed by atoms with Crippen molar-refractivity contribution in [1.29, 1.82) is 0 Å². The van der Waals surface area contributed by atoms with Crippen molar-refractivity contribution >= 4 is 11.8 Å².